The summed E-state index contributed by atoms with van der Waals surface area (Å²) in [5, 5.41) is 16.6. The molecule has 1 aliphatic carbocycles. The highest BCUT2D eigenvalue weighted by Crippen LogP contribution is 2.39. The predicted octanol–water partition coefficient (Wildman–Crippen LogP) is 3.86. The molecule has 0 saturated heterocycles. The van der Waals surface area contributed by atoms with Crippen LogP contribution >= 0.6 is 0 Å². The first-order valence-electron chi connectivity index (χ1n) is 9.40. The van der Waals surface area contributed by atoms with Gasteiger partial charge in [-0.15, -0.1) is 5.10 Å². The number of para-hydroxylation sites is 1. The minimum atomic E-state index is -0.193. The summed E-state index contributed by atoms with van der Waals surface area (Å²) >= 11 is 0. The van der Waals surface area contributed by atoms with Gasteiger partial charge in [0.05, 0.1) is 11.2 Å². The molecule has 5 nitrogen and oxygen atoms in total. The molecule has 1 aromatic heterocycles. The molecule has 1 heterocycles. The fourth-order valence-electron chi connectivity index (χ4n) is 3.83. The van der Waals surface area contributed by atoms with Crippen molar-refractivity contribution in [2.75, 3.05) is 0 Å². The third-order valence-corrected chi connectivity index (χ3v) is 5.50. The summed E-state index contributed by atoms with van der Waals surface area (Å²) in [4.78, 5) is 0. The van der Waals surface area contributed by atoms with Crippen molar-refractivity contribution in [2.24, 2.45) is 5.92 Å². The van der Waals surface area contributed by atoms with Crippen molar-refractivity contribution in [1.82, 2.24) is 25.5 Å². The minimum Gasteiger partial charge on any atom is -0.301 e. The van der Waals surface area contributed by atoms with Crippen LogP contribution in [0, 0.1) is 5.92 Å². The van der Waals surface area contributed by atoms with Gasteiger partial charge >= 0.3 is 0 Å². The maximum absolute atomic E-state index is 4.47. The molecule has 0 spiro atoms. The topological polar surface area (TPSA) is 55.6 Å². The molecule has 4 rings (SSSR count). The summed E-state index contributed by atoms with van der Waals surface area (Å²) in [6.45, 7) is 3.15. The van der Waals surface area contributed by atoms with Crippen molar-refractivity contribution in [3.8, 4) is 5.69 Å². The molecule has 2 aromatic carbocycles. The molecule has 1 aliphatic rings. The van der Waals surface area contributed by atoms with Crippen molar-refractivity contribution in [2.45, 2.75) is 44.7 Å². The van der Waals surface area contributed by atoms with Crippen LogP contribution in [0.5, 0.6) is 0 Å². The summed E-state index contributed by atoms with van der Waals surface area (Å²) in [6, 6.07) is 20.7. The summed E-state index contributed by atoms with van der Waals surface area (Å²) in [5.74, 6) is 1.68. The second kappa shape index (κ2) is 7.38. The van der Waals surface area contributed by atoms with E-state index in [1.54, 1.807) is 0 Å². The molecule has 134 valence electrons. The molecule has 3 aromatic rings. The first-order chi connectivity index (χ1) is 12.8. The smallest absolute Gasteiger partial charge is 0.176 e. The standard InChI is InChI=1S/C21H25N5/c1-17-12-14-21(15-13-17,22-16-18-8-4-2-5-9-18)20-23-24-25-26(20)19-10-6-3-7-11-19/h2-11,17,22H,12-16H2,1H3. The largest absolute Gasteiger partial charge is 0.301 e. The Balaban J connectivity index is 1.67. The third kappa shape index (κ3) is 3.40. The molecular weight excluding hydrogens is 322 g/mol. The van der Waals surface area contributed by atoms with Crippen molar-refractivity contribution >= 4 is 0 Å². The zero-order valence-electron chi connectivity index (χ0n) is 15.2. The van der Waals surface area contributed by atoms with E-state index < -0.39 is 0 Å². The van der Waals surface area contributed by atoms with Crippen LogP contribution in [0.2, 0.25) is 0 Å². The van der Waals surface area contributed by atoms with Crippen LogP contribution in [0.4, 0.5) is 0 Å². The Kier molecular flexibility index (Phi) is 4.80. The van der Waals surface area contributed by atoms with E-state index in [4.69, 9.17) is 0 Å². The molecule has 0 bridgehead atoms. The van der Waals surface area contributed by atoms with E-state index in [-0.39, 0.29) is 5.54 Å². The van der Waals surface area contributed by atoms with E-state index in [2.05, 4.69) is 70.2 Å². The Morgan fingerprint density at radius 3 is 2.35 bits per heavy atom. The first-order valence-corrected chi connectivity index (χ1v) is 9.40. The van der Waals surface area contributed by atoms with Crippen LogP contribution in [0.25, 0.3) is 5.69 Å². The first kappa shape index (κ1) is 16.9. The Morgan fingerprint density at radius 2 is 1.65 bits per heavy atom. The fourth-order valence-corrected chi connectivity index (χ4v) is 3.83. The predicted molar refractivity (Wildman–Crippen MR) is 102 cm³/mol. The van der Waals surface area contributed by atoms with Gasteiger partial charge in [0.15, 0.2) is 5.82 Å². The molecule has 0 aliphatic heterocycles. The van der Waals surface area contributed by atoms with Crippen molar-refractivity contribution in [3.05, 3.63) is 72.1 Å². The maximum atomic E-state index is 4.47. The van der Waals surface area contributed by atoms with Gasteiger partial charge in [0, 0.05) is 6.54 Å². The van der Waals surface area contributed by atoms with E-state index in [0.717, 1.165) is 36.8 Å². The van der Waals surface area contributed by atoms with Gasteiger partial charge in [0.1, 0.15) is 0 Å². The van der Waals surface area contributed by atoms with Crippen molar-refractivity contribution in [1.29, 1.82) is 0 Å². The zero-order chi connectivity index (χ0) is 17.8. The van der Waals surface area contributed by atoms with Crippen molar-refractivity contribution < 1.29 is 0 Å². The average Bonchev–Trinajstić information content (AvgIpc) is 3.20. The summed E-state index contributed by atoms with van der Waals surface area (Å²) in [7, 11) is 0. The molecule has 0 amide bonds. The lowest BCUT2D eigenvalue weighted by Gasteiger charge is -2.39. The Hall–Kier alpha value is -2.53. The van der Waals surface area contributed by atoms with Gasteiger partial charge in [0.25, 0.3) is 0 Å². The second-order valence-electron chi connectivity index (χ2n) is 7.35. The van der Waals surface area contributed by atoms with Crippen LogP contribution in [-0.4, -0.2) is 20.2 Å². The van der Waals surface area contributed by atoms with Crippen LogP contribution in [0.15, 0.2) is 60.7 Å². The molecule has 1 N–H and O–H groups in total. The number of tetrazole rings is 1. The number of rotatable bonds is 5. The monoisotopic (exact) mass is 347 g/mol. The molecule has 26 heavy (non-hydrogen) atoms. The SMILES string of the molecule is CC1CCC(NCc2ccccc2)(c2nnnn2-c2ccccc2)CC1. The molecule has 1 saturated carbocycles. The number of nitrogens with one attached hydrogen (secondary N) is 1. The highest BCUT2D eigenvalue weighted by atomic mass is 15.6. The van der Waals surface area contributed by atoms with Gasteiger partial charge in [0.2, 0.25) is 0 Å². The van der Waals surface area contributed by atoms with Crippen LogP contribution in [-0.2, 0) is 12.1 Å². The summed E-state index contributed by atoms with van der Waals surface area (Å²) in [6.07, 6.45) is 4.47. The molecule has 5 heteroatoms. The average molecular weight is 347 g/mol. The van der Waals surface area contributed by atoms with E-state index in [1.165, 1.54) is 18.4 Å². The van der Waals surface area contributed by atoms with E-state index in [1.807, 2.05) is 22.9 Å². The zero-order valence-corrected chi connectivity index (χ0v) is 15.2. The van der Waals surface area contributed by atoms with Gasteiger partial charge in [-0.25, -0.2) is 0 Å². The number of aromatic nitrogens is 4. The molecule has 0 unspecified atom stereocenters. The second-order valence-corrected chi connectivity index (χ2v) is 7.35. The number of nitrogens with zero attached hydrogens (tertiary/aromatic N) is 4. The Morgan fingerprint density at radius 1 is 1.00 bits per heavy atom. The molecule has 0 atom stereocenters. The lowest BCUT2D eigenvalue weighted by Crippen LogP contribution is -2.46. The Bertz CT molecular complexity index is 820. The quantitative estimate of drug-likeness (QED) is 0.761. The van der Waals surface area contributed by atoms with E-state index >= 15 is 0 Å². The van der Waals surface area contributed by atoms with Gasteiger partial charge in [-0.2, -0.15) is 4.68 Å². The van der Waals surface area contributed by atoms with E-state index in [9.17, 15) is 0 Å². The van der Waals surface area contributed by atoms with E-state index in [0.29, 0.717) is 0 Å². The third-order valence-electron chi connectivity index (χ3n) is 5.50. The van der Waals surface area contributed by atoms with Gasteiger partial charge in [-0.05, 0) is 59.7 Å². The molecule has 1 fully saturated rings. The highest BCUT2D eigenvalue weighted by molar-refractivity contribution is 5.32. The number of hydrogen-bond donors (Lipinski definition) is 1. The Labute approximate surface area is 154 Å². The lowest BCUT2D eigenvalue weighted by molar-refractivity contribution is 0.180. The highest BCUT2D eigenvalue weighted by Gasteiger charge is 2.40. The van der Waals surface area contributed by atoms with Crippen LogP contribution in [0.1, 0.15) is 44.0 Å². The lowest BCUT2D eigenvalue weighted by atomic mass is 9.76. The maximum Gasteiger partial charge on any atom is 0.176 e. The molecular formula is C21H25N5. The van der Waals surface area contributed by atoms with Gasteiger partial charge < -0.3 is 5.32 Å². The van der Waals surface area contributed by atoms with Crippen LogP contribution in [0.3, 0.4) is 0 Å². The molecule has 0 radical (unpaired) electrons. The minimum absolute atomic E-state index is 0.193. The van der Waals surface area contributed by atoms with Crippen LogP contribution < -0.4 is 5.32 Å². The number of hydrogen-bond acceptors (Lipinski definition) is 4. The number of benzene rings is 2. The van der Waals surface area contributed by atoms with Gasteiger partial charge in [-0.3, -0.25) is 0 Å². The summed E-state index contributed by atoms with van der Waals surface area (Å²) in [5.41, 5.74) is 2.10. The normalized spacial score (nSPS) is 23.0. The van der Waals surface area contributed by atoms with Gasteiger partial charge in [-0.1, -0.05) is 55.5 Å². The summed E-state index contributed by atoms with van der Waals surface area (Å²) < 4.78 is 1.90. The fraction of sp³-hybridized carbons (Fsp3) is 0.381. The van der Waals surface area contributed by atoms with Crippen molar-refractivity contribution in [3.63, 3.8) is 0 Å².